The van der Waals surface area contributed by atoms with E-state index in [9.17, 15) is 14.7 Å². The SMILES string of the molecule is CCC(CC)C(=NC(CC)C(=O)O)c1ccccc1[N-]C(=O)c1ccccn1.[Ni]. The van der Waals surface area contributed by atoms with Gasteiger partial charge in [-0.05, 0) is 37.0 Å². The Balaban J connectivity index is 0.00000420. The second-order valence-electron chi connectivity index (χ2n) is 6.44. The van der Waals surface area contributed by atoms with Gasteiger partial charge in [0.2, 0.25) is 0 Å². The third kappa shape index (κ3) is 6.50. The summed E-state index contributed by atoms with van der Waals surface area (Å²) in [5.74, 6) is -1.32. The molecule has 0 aliphatic rings. The molecular weight excluding hydrogens is 413 g/mol. The minimum Gasteiger partial charge on any atom is -0.621 e. The predicted molar refractivity (Wildman–Crippen MR) is 110 cm³/mol. The summed E-state index contributed by atoms with van der Waals surface area (Å²) < 4.78 is 0. The molecule has 2 rings (SSSR count). The molecule has 2 aromatic rings. The van der Waals surface area contributed by atoms with Crippen LogP contribution in [0.1, 0.15) is 56.1 Å². The Morgan fingerprint density at radius 1 is 1.03 bits per heavy atom. The minimum atomic E-state index is -0.954. The Kier molecular flexibility index (Phi) is 10.2. The van der Waals surface area contributed by atoms with Crippen molar-refractivity contribution in [2.45, 2.75) is 46.1 Å². The zero-order valence-electron chi connectivity index (χ0n) is 16.8. The summed E-state index contributed by atoms with van der Waals surface area (Å²) in [6, 6.07) is 11.5. The Bertz CT molecular complexity index is 836. The summed E-state index contributed by atoms with van der Waals surface area (Å²) in [7, 11) is 0. The van der Waals surface area contributed by atoms with Gasteiger partial charge in [-0.1, -0.05) is 51.1 Å². The van der Waals surface area contributed by atoms with Crippen LogP contribution in [-0.4, -0.2) is 33.7 Å². The molecule has 0 saturated heterocycles. The Labute approximate surface area is 181 Å². The average molecular weight is 439 g/mol. The third-order valence-corrected chi connectivity index (χ3v) is 4.62. The van der Waals surface area contributed by atoms with Crippen LogP contribution in [-0.2, 0) is 21.3 Å². The number of hydrogen-bond acceptors (Lipinski definition) is 4. The van der Waals surface area contributed by atoms with Gasteiger partial charge in [0, 0.05) is 34.3 Å². The molecule has 29 heavy (non-hydrogen) atoms. The first-order chi connectivity index (χ1) is 13.5. The van der Waals surface area contributed by atoms with Crippen LogP contribution in [0.25, 0.3) is 5.32 Å². The molecule has 1 amide bonds. The van der Waals surface area contributed by atoms with Gasteiger partial charge in [-0.2, -0.15) is 0 Å². The predicted octanol–water partition coefficient (Wildman–Crippen LogP) is 5.01. The second-order valence-corrected chi connectivity index (χ2v) is 6.44. The van der Waals surface area contributed by atoms with E-state index >= 15 is 0 Å². The maximum absolute atomic E-state index is 12.5. The molecule has 0 radical (unpaired) electrons. The van der Waals surface area contributed by atoms with E-state index in [1.165, 1.54) is 0 Å². The molecule has 158 valence electrons. The fourth-order valence-corrected chi connectivity index (χ4v) is 3.00. The number of carboxylic acids is 1. The number of aliphatic carboxylic acids is 1. The van der Waals surface area contributed by atoms with Crippen LogP contribution in [0, 0.1) is 5.92 Å². The van der Waals surface area contributed by atoms with Crippen LogP contribution in [0.4, 0.5) is 5.69 Å². The number of aromatic nitrogens is 1. The van der Waals surface area contributed by atoms with Crippen LogP contribution >= 0.6 is 0 Å². The van der Waals surface area contributed by atoms with Gasteiger partial charge in [-0.15, -0.1) is 5.69 Å². The van der Waals surface area contributed by atoms with Crippen LogP contribution in [0.3, 0.4) is 0 Å². The minimum absolute atomic E-state index is 0. The maximum atomic E-state index is 12.5. The zero-order valence-corrected chi connectivity index (χ0v) is 17.8. The number of benzene rings is 1. The molecule has 0 saturated carbocycles. The van der Waals surface area contributed by atoms with Gasteiger partial charge in [0.05, 0.1) is 5.69 Å². The monoisotopic (exact) mass is 438 g/mol. The number of carboxylic acid groups (broad SMARTS) is 1. The van der Waals surface area contributed by atoms with Crippen molar-refractivity contribution in [1.29, 1.82) is 0 Å². The molecule has 0 spiro atoms. The van der Waals surface area contributed by atoms with E-state index in [1.54, 1.807) is 43.5 Å². The van der Waals surface area contributed by atoms with Crippen molar-refractivity contribution in [3.05, 3.63) is 65.2 Å². The summed E-state index contributed by atoms with van der Waals surface area (Å²) in [5, 5.41) is 13.7. The molecule has 1 heterocycles. The van der Waals surface area contributed by atoms with Crippen molar-refractivity contribution in [1.82, 2.24) is 4.98 Å². The van der Waals surface area contributed by atoms with Gasteiger partial charge in [0.25, 0.3) is 0 Å². The second kappa shape index (κ2) is 12.1. The number of carbonyl (C=O) groups is 2. The van der Waals surface area contributed by atoms with Gasteiger partial charge < -0.3 is 15.2 Å². The van der Waals surface area contributed by atoms with Crippen molar-refractivity contribution in [2.75, 3.05) is 0 Å². The maximum Gasteiger partial charge on any atom is 0.328 e. The van der Waals surface area contributed by atoms with Gasteiger partial charge in [0.1, 0.15) is 11.9 Å². The smallest absolute Gasteiger partial charge is 0.328 e. The summed E-state index contributed by atoms with van der Waals surface area (Å²) in [5.41, 5.74) is 2.12. The first kappa shape index (κ1) is 24.5. The molecular formula is C22H26N3NiO3-. The van der Waals surface area contributed by atoms with Crippen LogP contribution in [0.2, 0.25) is 0 Å². The number of amides is 1. The van der Waals surface area contributed by atoms with E-state index < -0.39 is 17.9 Å². The van der Waals surface area contributed by atoms with Crippen molar-refractivity contribution >= 4 is 23.3 Å². The number of carbonyl (C=O) groups excluding carboxylic acids is 1. The molecule has 0 aliphatic heterocycles. The van der Waals surface area contributed by atoms with Gasteiger partial charge in [-0.3, -0.25) is 9.98 Å². The van der Waals surface area contributed by atoms with Crippen molar-refractivity contribution in [3.63, 3.8) is 0 Å². The largest absolute Gasteiger partial charge is 0.621 e. The van der Waals surface area contributed by atoms with E-state index in [-0.39, 0.29) is 28.1 Å². The molecule has 0 bridgehead atoms. The third-order valence-electron chi connectivity index (χ3n) is 4.62. The zero-order chi connectivity index (χ0) is 20.5. The Morgan fingerprint density at radius 3 is 2.24 bits per heavy atom. The quantitative estimate of drug-likeness (QED) is 0.439. The molecule has 1 aromatic carbocycles. The van der Waals surface area contributed by atoms with E-state index in [4.69, 9.17) is 0 Å². The van der Waals surface area contributed by atoms with Gasteiger partial charge >= 0.3 is 5.97 Å². The first-order valence-corrected chi connectivity index (χ1v) is 9.58. The molecule has 7 heteroatoms. The number of para-hydroxylation sites is 1. The summed E-state index contributed by atoms with van der Waals surface area (Å²) >= 11 is 0. The van der Waals surface area contributed by atoms with Gasteiger partial charge in [-0.25, -0.2) is 4.79 Å². The summed E-state index contributed by atoms with van der Waals surface area (Å²) in [6.45, 7) is 5.89. The Hall–Kier alpha value is -2.53. The number of hydrogen-bond donors (Lipinski definition) is 1. The van der Waals surface area contributed by atoms with Crippen LogP contribution < -0.4 is 0 Å². The average Bonchev–Trinajstić information content (AvgIpc) is 2.72. The fourth-order valence-electron chi connectivity index (χ4n) is 3.00. The number of nitrogens with zero attached hydrogens (tertiary/aromatic N) is 3. The first-order valence-electron chi connectivity index (χ1n) is 9.58. The fraction of sp³-hybridized carbons (Fsp3) is 0.364. The normalized spacial score (nSPS) is 12.2. The molecule has 1 atom stereocenters. The Morgan fingerprint density at radius 2 is 1.69 bits per heavy atom. The van der Waals surface area contributed by atoms with Crippen LogP contribution in [0.5, 0.6) is 0 Å². The topological polar surface area (TPSA) is 93.7 Å². The molecule has 1 unspecified atom stereocenters. The van der Waals surface area contributed by atoms with E-state index in [0.29, 0.717) is 23.4 Å². The van der Waals surface area contributed by atoms with Crippen molar-refractivity contribution in [2.24, 2.45) is 10.9 Å². The standard InChI is InChI=1S/C22H27N3O3.Ni/c1-4-15(5-2)20(24-17(6-3)22(27)28)16-11-7-8-12-18(16)25-21(26)19-13-9-10-14-23-19;/h7-15,17H,4-6H2,1-3H3,(H2,24,25,26,27,28);/p-1. The van der Waals surface area contributed by atoms with Gasteiger partial charge in [0.15, 0.2) is 0 Å². The number of pyridine rings is 1. The number of aliphatic imine (C=N–C) groups is 1. The van der Waals surface area contributed by atoms with E-state index in [0.717, 1.165) is 12.8 Å². The summed E-state index contributed by atoms with van der Waals surface area (Å²) in [4.78, 5) is 32.7. The van der Waals surface area contributed by atoms with Crippen molar-refractivity contribution in [3.8, 4) is 0 Å². The summed E-state index contributed by atoms with van der Waals surface area (Å²) in [6.07, 6.45) is 3.57. The van der Waals surface area contributed by atoms with Crippen LogP contribution in [0.15, 0.2) is 53.7 Å². The molecule has 1 aromatic heterocycles. The molecule has 0 aliphatic carbocycles. The van der Waals surface area contributed by atoms with Crippen molar-refractivity contribution < 1.29 is 31.2 Å². The number of rotatable bonds is 9. The van der Waals surface area contributed by atoms with E-state index in [2.05, 4.69) is 15.3 Å². The molecule has 0 fully saturated rings. The molecule has 1 N–H and O–H groups in total. The molecule has 6 nitrogen and oxygen atoms in total. The van der Waals surface area contributed by atoms with E-state index in [1.807, 2.05) is 26.0 Å².